The second-order valence-electron chi connectivity index (χ2n) is 6.74. The third-order valence-electron chi connectivity index (χ3n) is 4.56. The van der Waals surface area contributed by atoms with Gasteiger partial charge in [0.05, 0.1) is 12.8 Å². The third kappa shape index (κ3) is 4.05. The molecule has 0 radical (unpaired) electrons. The van der Waals surface area contributed by atoms with E-state index in [0.717, 1.165) is 22.4 Å². The van der Waals surface area contributed by atoms with Crippen LogP contribution in [-0.4, -0.2) is 28.5 Å². The molecule has 1 N–H and O–H groups in total. The van der Waals surface area contributed by atoms with E-state index in [1.165, 1.54) is 16.7 Å². The van der Waals surface area contributed by atoms with Gasteiger partial charge in [0.15, 0.2) is 0 Å². The molecule has 1 aliphatic heterocycles. The minimum absolute atomic E-state index is 0.0576. The quantitative estimate of drug-likeness (QED) is 0.736. The predicted octanol–water partition coefficient (Wildman–Crippen LogP) is 4.38. The zero-order valence-electron chi connectivity index (χ0n) is 16.2. The molecule has 146 valence electrons. The first-order valence-electron chi connectivity index (χ1n) is 8.87. The Morgan fingerprint density at radius 1 is 1.21 bits per heavy atom. The van der Waals surface area contributed by atoms with Crippen LogP contribution in [0.4, 0.5) is 11.4 Å². The summed E-state index contributed by atoms with van der Waals surface area (Å²) in [7, 11) is 1.55. The van der Waals surface area contributed by atoms with Crippen LogP contribution in [0.1, 0.15) is 23.1 Å². The summed E-state index contributed by atoms with van der Waals surface area (Å²) in [5.74, 6) is 0.160. The fourth-order valence-corrected chi connectivity index (χ4v) is 4.87. The van der Waals surface area contributed by atoms with E-state index in [4.69, 9.17) is 17.0 Å². The van der Waals surface area contributed by atoms with Crippen LogP contribution < -0.4 is 15.0 Å². The Bertz CT molecular complexity index is 935. The number of thioether (sulfide) groups is 1. The average molecular weight is 415 g/mol. The van der Waals surface area contributed by atoms with Gasteiger partial charge in [-0.15, -0.1) is 0 Å². The summed E-state index contributed by atoms with van der Waals surface area (Å²) in [5.41, 5.74) is 4.55. The van der Waals surface area contributed by atoms with Gasteiger partial charge in [0.25, 0.3) is 0 Å². The molecule has 0 aromatic heterocycles. The summed E-state index contributed by atoms with van der Waals surface area (Å²) in [5, 5.41) is 2.40. The highest BCUT2D eigenvalue weighted by molar-refractivity contribution is 8.25. The Hall–Kier alpha value is -2.38. The number of methoxy groups -OCH3 is 1. The highest BCUT2D eigenvalue weighted by Crippen LogP contribution is 2.38. The van der Waals surface area contributed by atoms with Crippen LogP contribution in [0.15, 0.2) is 36.4 Å². The van der Waals surface area contributed by atoms with Crippen LogP contribution in [-0.2, 0) is 9.59 Å². The van der Waals surface area contributed by atoms with Crippen LogP contribution >= 0.6 is 24.0 Å². The average Bonchev–Trinajstić information content (AvgIpc) is 2.91. The van der Waals surface area contributed by atoms with Gasteiger partial charge in [-0.05, 0) is 44.0 Å². The van der Waals surface area contributed by atoms with Crippen LogP contribution in [0.5, 0.6) is 5.75 Å². The van der Waals surface area contributed by atoms with E-state index in [2.05, 4.69) is 5.32 Å². The van der Waals surface area contributed by atoms with Gasteiger partial charge in [0.1, 0.15) is 15.3 Å². The van der Waals surface area contributed by atoms with E-state index in [1.54, 1.807) is 19.2 Å². The van der Waals surface area contributed by atoms with E-state index in [9.17, 15) is 9.59 Å². The molecule has 2 aromatic carbocycles. The number of carbonyl (C=O) groups excluding carboxylic acids is 2. The Morgan fingerprint density at radius 2 is 1.86 bits per heavy atom. The van der Waals surface area contributed by atoms with Gasteiger partial charge in [-0.1, -0.05) is 53.8 Å². The number of nitrogens with zero attached hydrogens (tertiary/aromatic N) is 1. The molecule has 3 rings (SSSR count). The molecule has 2 aromatic rings. The Kier molecular flexibility index (Phi) is 6.05. The lowest BCUT2D eigenvalue weighted by atomic mass is 10.0. The first-order chi connectivity index (χ1) is 13.3. The molecule has 1 saturated heterocycles. The monoisotopic (exact) mass is 414 g/mol. The summed E-state index contributed by atoms with van der Waals surface area (Å²) in [6.07, 6.45) is 0.0576. The van der Waals surface area contributed by atoms with Gasteiger partial charge < -0.3 is 10.1 Å². The number of thiocarbonyl (C=S) groups is 1. The van der Waals surface area contributed by atoms with E-state index in [0.29, 0.717) is 15.8 Å². The highest BCUT2D eigenvalue weighted by Gasteiger charge is 2.40. The molecule has 1 heterocycles. The summed E-state index contributed by atoms with van der Waals surface area (Å²) in [6, 6.07) is 11.3. The summed E-state index contributed by atoms with van der Waals surface area (Å²) in [4.78, 5) is 27.0. The standard InChI is InChI=1S/C21H22N2O3S2/c1-12-9-13(2)19(14(3)10-12)22-18(24)11-17-20(25)23(21(27)28-17)15-7-5-6-8-16(15)26-4/h5-10,17H,11H2,1-4H3,(H,22,24). The fraction of sp³-hybridized carbons (Fsp3) is 0.286. The summed E-state index contributed by atoms with van der Waals surface area (Å²) >= 11 is 6.64. The number of nitrogens with one attached hydrogen (secondary N) is 1. The molecule has 1 atom stereocenters. The van der Waals surface area contributed by atoms with Gasteiger partial charge in [0.2, 0.25) is 11.8 Å². The van der Waals surface area contributed by atoms with Crippen molar-refractivity contribution < 1.29 is 14.3 Å². The molecule has 7 heteroatoms. The normalized spacial score (nSPS) is 16.4. The second-order valence-corrected chi connectivity index (χ2v) is 8.58. The van der Waals surface area contributed by atoms with Crippen molar-refractivity contribution in [3.8, 4) is 5.75 Å². The molecule has 0 spiro atoms. The van der Waals surface area contributed by atoms with E-state index < -0.39 is 5.25 Å². The number of amides is 2. The van der Waals surface area contributed by atoms with Crippen molar-refractivity contribution in [1.29, 1.82) is 0 Å². The lowest BCUT2D eigenvalue weighted by Gasteiger charge is -2.18. The Labute approximate surface area is 174 Å². The number of hydrogen-bond acceptors (Lipinski definition) is 5. The smallest absolute Gasteiger partial charge is 0.246 e. The van der Waals surface area contributed by atoms with Gasteiger partial charge in [0, 0.05) is 12.1 Å². The van der Waals surface area contributed by atoms with Crippen LogP contribution in [0, 0.1) is 20.8 Å². The number of para-hydroxylation sites is 2. The van der Waals surface area contributed by atoms with Crippen molar-refractivity contribution in [3.05, 3.63) is 53.1 Å². The van der Waals surface area contributed by atoms with Crippen molar-refractivity contribution in [1.82, 2.24) is 0 Å². The number of anilines is 2. The number of ether oxygens (including phenoxy) is 1. The lowest BCUT2D eigenvalue weighted by molar-refractivity contribution is -0.121. The third-order valence-corrected chi connectivity index (χ3v) is 6.07. The van der Waals surface area contributed by atoms with Crippen molar-refractivity contribution >= 4 is 51.5 Å². The fourth-order valence-electron chi connectivity index (χ4n) is 3.36. The summed E-state index contributed by atoms with van der Waals surface area (Å²) in [6.45, 7) is 5.94. The Balaban J connectivity index is 1.75. The number of benzene rings is 2. The largest absolute Gasteiger partial charge is 0.495 e. The molecule has 2 amide bonds. The minimum atomic E-state index is -0.552. The van der Waals surface area contributed by atoms with Crippen LogP contribution in [0.25, 0.3) is 0 Å². The SMILES string of the molecule is COc1ccccc1N1C(=O)C(CC(=O)Nc2c(C)cc(C)cc2C)SC1=S. The maximum Gasteiger partial charge on any atom is 0.246 e. The minimum Gasteiger partial charge on any atom is -0.495 e. The number of hydrogen-bond donors (Lipinski definition) is 1. The molecule has 1 unspecified atom stereocenters. The molecule has 0 aliphatic carbocycles. The first kappa shape index (κ1) is 20.4. The number of rotatable bonds is 5. The number of aryl methyl sites for hydroxylation is 3. The van der Waals surface area contributed by atoms with Crippen LogP contribution in [0.3, 0.4) is 0 Å². The molecular formula is C21H22N2O3S2. The molecule has 1 aliphatic rings. The first-order valence-corrected chi connectivity index (χ1v) is 10.2. The molecule has 0 saturated carbocycles. The van der Waals surface area contributed by atoms with Crippen molar-refractivity contribution in [2.75, 3.05) is 17.3 Å². The maximum absolute atomic E-state index is 12.9. The zero-order chi connectivity index (χ0) is 20.4. The van der Waals surface area contributed by atoms with Gasteiger partial charge in [-0.25, -0.2) is 0 Å². The summed E-state index contributed by atoms with van der Waals surface area (Å²) < 4.78 is 5.77. The van der Waals surface area contributed by atoms with Gasteiger partial charge in [-0.3, -0.25) is 14.5 Å². The van der Waals surface area contributed by atoms with Gasteiger partial charge >= 0.3 is 0 Å². The zero-order valence-corrected chi connectivity index (χ0v) is 17.9. The van der Waals surface area contributed by atoms with E-state index in [1.807, 2.05) is 45.0 Å². The Morgan fingerprint density at radius 3 is 2.50 bits per heavy atom. The van der Waals surface area contributed by atoms with Crippen molar-refractivity contribution in [2.24, 2.45) is 0 Å². The predicted molar refractivity (Wildman–Crippen MR) is 118 cm³/mol. The molecule has 5 nitrogen and oxygen atoms in total. The van der Waals surface area contributed by atoms with Crippen LogP contribution in [0.2, 0.25) is 0 Å². The molecule has 28 heavy (non-hydrogen) atoms. The maximum atomic E-state index is 12.9. The molecule has 1 fully saturated rings. The van der Waals surface area contributed by atoms with E-state index in [-0.39, 0.29) is 18.2 Å². The molecular weight excluding hydrogens is 392 g/mol. The topological polar surface area (TPSA) is 58.6 Å². The molecule has 0 bridgehead atoms. The van der Waals surface area contributed by atoms with Gasteiger partial charge in [-0.2, -0.15) is 0 Å². The van der Waals surface area contributed by atoms with Crippen molar-refractivity contribution in [2.45, 2.75) is 32.4 Å². The lowest BCUT2D eigenvalue weighted by Crippen LogP contribution is -2.33. The van der Waals surface area contributed by atoms with E-state index >= 15 is 0 Å². The second kappa shape index (κ2) is 8.32. The number of carbonyl (C=O) groups is 2. The highest BCUT2D eigenvalue weighted by atomic mass is 32.2. The van der Waals surface area contributed by atoms with Crippen molar-refractivity contribution in [3.63, 3.8) is 0 Å².